The molecule has 0 aliphatic carbocycles. The topological polar surface area (TPSA) is 46.9 Å². The van der Waals surface area contributed by atoms with Crippen LogP contribution in [0.1, 0.15) is 11.1 Å². The van der Waals surface area contributed by atoms with E-state index in [4.69, 9.17) is 0 Å². The average molecular weight is 370 g/mol. The van der Waals surface area contributed by atoms with Gasteiger partial charge in [0, 0.05) is 10.7 Å². The Morgan fingerprint density at radius 1 is 1.04 bits per heavy atom. The van der Waals surface area contributed by atoms with Gasteiger partial charge >= 0.3 is 0 Å². The Balaban J connectivity index is 1.58. The number of nitrogens with one attached hydrogen (secondary N) is 1. The number of anilines is 1. The van der Waals surface area contributed by atoms with E-state index in [1.54, 1.807) is 10.9 Å². The Morgan fingerprint density at radius 2 is 1.78 bits per heavy atom. The Morgan fingerprint density at radius 3 is 2.52 bits per heavy atom. The van der Waals surface area contributed by atoms with Crippen molar-refractivity contribution in [2.45, 2.75) is 13.0 Å². The smallest absolute Gasteiger partial charge is 0.228 e. The van der Waals surface area contributed by atoms with Crippen LogP contribution in [0.25, 0.3) is 0 Å². The number of halogens is 1. The predicted molar refractivity (Wildman–Crippen MR) is 94.2 cm³/mol. The molecule has 4 nitrogen and oxygen atoms in total. The van der Waals surface area contributed by atoms with Gasteiger partial charge in [-0.3, -0.25) is 9.48 Å². The van der Waals surface area contributed by atoms with Crippen molar-refractivity contribution < 1.29 is 4.79 Å². The summed E-state index contributed by atoms with van der Waals surface area (Å²) in [6.07, 6.45) is 3.87. The molecule has 0 saturated carbocycles. The van der Waals surface area contributed by atoms with Crippen LogP contribution in [0, 0.1) is 0 Å². The summed E-state index contributed by atoms with van der Waals surface area (Å²) in [4.78, 5) is 12.0. The molecule has 3 rings (SSSR count). The van der Waals surface area contributed by atoms with Gasteiger partial charge in [0.15, 0.2) is 0 Å². The molecule has 0 aliphatic rings. The Bertz CT molecular complexity index is 782. The monoisotopic (exact) mass is 369 g/mol. The highest BCUT2D eigenvalue weighted by Crippen LogP contribution is 2.13. The number of hydrogen-bond donors (Lipinski definition) is 1. The van der Waals surface area contributed by atoms with Crippen molar-refractivity contribution in [2.75, 3.05) is 5.32 Å². The normalized spacial score (nSPS) is 10.5. The van der Waals surface area contributed by atoms with Crippen molar-refractivity contribution in [3.63, 3.8) is 0 Å². The van der Waals surface area contributed by atoms with Crippen LogP contribution in [0.5, 0.6) is 0 Å². The molecule has 0 radical (unpaired) electrons. The van der Waals surface area contributed by atoms with E-state index in [2.05, 4.69) is 26.3 Å². The first-order chi connectivity index (χ1) is 11.2. The summed E-state index contributed by atoms with van der Waals surface area (Å²) in [6, 6.07) is 17.8. The van der Waals surface area contributed by atoms with Gasteiger partial charge in [0.2, 0.25) is 5.91 Å². The minimum atomic E-state index is -0.0422. The van der Waals surface area contributed by atoms with Crippen molar-refractivity contribution in [3.05, 3.63) is 82.6 Å². The number of amides is 1. The highest BCUT2D eigenvalue weighted by Gasteiger charge is 2.06. The fourth-order valence-corrected chi connectivity index (χ4v) is 2.54. The third kappa shape index (κ3) is 4.53. The fourth-order valence-electron chi connectivity index (χ4n) is 2.28. The molecule has 0 aliphatic heterocycles. The zero-order valence-electron chi connectivity index (χ0n) is 12.4. The van der Waals surface area contributed by atoms with Gasteiger partial charge in [0.25, 0.3) is 0 Å². The highest BCUT2D eigenvalue weighted by molar-refractivity contribution is 9.10. The summed E-state index contributed by atoms with van der Waals surface area (Å²) in [5.41, 5.74) is 2.86. The van der Waals surface area contributed by atoms with E-state index in [1.807, 2.05) is 60.8 Å². The first-order valence-electron chi connectivity index (χ1n) is 7.30. The van der Waals surface area contributed by atoms with Crippen molar-refractivity contribution in [1.82, 2.24) is 9.78 Å². The molecule has 116 valence electrons. The van der Waals surface area contributed by atoms with Gasteiger partial charge in [-0.1, -0.05) is 58.4 Å². The van der Waals surface area contributed by atoms with E-state index < -0.39 is 0 Å². The molecule has 0 bridgehead atoms. The average Bonchev–Trinajstić information content (AvgIpc) is 2.97. The van der Waals surface area contributed by atoms with Crippen LogP contribution in [-0.2, 0) is 17.8 Å². The maximum Gasteiger partial charge on any atom is 0.228 e. The molecule has 0 fully saturated rings. The second-order valence-corrected chi connectivity index (χ2v) is 6.18. The molecule has 1 amide bonds. The summed E-state index contributed by atoms with van der Waals surface area (Å²) in [5.74, 6) is -0.0422. The second kappa shape index (κ2) is 7.24. The summed E-state index contributed by atoms with van der Waals surface area (Å²) in [5, 5.41) is 7.16. The van der Waals surface area contributed by atoms with E-state index in [0.717, 1.165) is 15.6 Å². The van der Waals surface area contributed by atoms with E-state index >= 15 is 0 Å². The molecule has 1 heterocycles. The summed E-state index contributed by atoms with van der Waals surface area (Å²) >= 11 is 3.42. The molecular weight excluding hydrogens is 354 g/mol. The molecular formula is C18H16BrN3O. The minimum absolute atomic E-state index is 0.0422. The maximum absolute atomic E-state index is 12.0. The number of hydrogen-bond acceptors (Lipinski definition) is 2. The van der Waals surface area contributed by atoms with Crippen molar-refractivity contribution in [3.8, 4) is 0 Å². The molecule has 23 heavy (non-hydrogen) atoms. The van der Waals surface area contributed by atoms with Crippen LogP contribution in [0.15, 0.2) is 71.5 Å². The second-order valence-electron chi connectivity index (χ2n) is 5.26. The zero-order valence-corrected chi connectivity index (χ0v) is 14.0. The lowest BCUT2D eigenvalue weighted by Crippen LogP contribution is -2.13. The SMILES string of the molecule is O=C(Cc1ccccc1)Nc1cnn(Cc2ccc(Br)cc2)c1. The molecule has 0 unspecified atom stereocenters. The molecule has 1 N–H and O–H groups in total. The third-order valence-corrected chi connectivity index (χ3v) is 3.91. The Labute approximate surface area is 143 Å². The van der Waals surface area contributed by atoms with Gasteiger partial charge in [0.1, 0.15) is 0 Å². The van der Waals surface area contributed by atoms with E-state index in [9.17, 15) is 4.79 Å². The van der Waals surface area contributed by atoms with Gasteiger partial charge in [-0.05, 0) is 23.3 Å². The van der Waals surface area contributed by atoms with Crippen molar-refractivity contribution in [1.29, 1.82) is 0 Å². The van der Waals surface area contributed by atoms with Gasteiger partial charge in [-0.25, -0.2) is 0 Å². The van der Waals surface area contributed by atoms with Crippen molar-refractivity contribution in [2.24, 2.45) is 0 Å². The van der Waals surface area contributed by atoms with Crippen molar-refractivity contribution >= 4 is 27.5 Å². The van der Waals surface area contributed by atoms with Crippen LogP contribution in [-0.4, -0.2) is 15.7 Å². The summed E-state index contributed by atoms with van der Waals surface area (Å²) in [6.45, 7) is 0.668. The summed E-state index contributed by atoms with van der Waals surface area (Å²) in [7, 11) is 0. The highest BCUT2D eigenvalue weighted by atomic mass is 79.9. The molecule has 2 aromatic carbocycles. The minimum Gasteiger partial charge on any atom is -0.323 e. The standard InChI is InChI=1S/C18H16BrN3O/c19-16-8-6-15(7-9-16)12-22-13-17(11-20-22)21-18(23)10-14-4-2-1-3-5-14/h1-9,11,13H,10,12H2,(H,21,23). The zero-order chi connectivity index (χ0) is 16.1. The molecule has 5 heteroatoms. The number of nitrogens with zero attached hydrogens (tertiary/aromatic N) is 2. The predicted octanol–water partition coefficient (Wildman–Crippen LogP) is 3.88. The van der Waals surface area contributed by atoms with E-state index in [1.165, 1.54) is 0 Å². The quantitative estimate of drug-likeness (QED) is 0.741. The molecule has 3 aromatic rings. The molecule has 1 aromatic heterocycles. The number of rotatable bonds is 5. The number of carbonyl (C=O) groups excluding carboxylic acids is 1. The summed E-state index contributed by atoms with van der Waals surface area (Å²) < 4.78 is 2.86. The third-order valence-electron chi connectivity index (χ3n) is 3.38. The number of carbonyl (C=O) groups is 1. The van der Waals surface area contributed by atoms with E-state index in [0.29, 0.717) is 18.7 Å². The molecule has 0 saturated heterocycles. The number of benzene rings is 2. The van der Waals surface area contributed by atoms with E-state index in [-0.39, 0.29) is 5.91 Å². The van der Waals surface area contributed by atoms with Crippen LogP contribution in [0.3, 0.4) is 0 Å². The van der Waals surface area contributed by atoms with Crippen LogP contribution in [0.4, 0.5) is 5.69 Å². The maximum atomic E-state index is 12.0. The van der Waals surface area contributed by atoms with Gasteiger partial charge in [0.05, 0.1) is 24.8 Å². The van der Waals surface area contributed by atoms with Gasteiger partial charge in [-0.15, -0.1) is 0 Å². The fraction of sp³-hybridized carbons (Fsp3) is 0.111. The first-order valence-corrected chi connectivity index (χ1v) is 8.09. The lowest BCUT2D eigenvalue weighted by molar-refractivity contribution is -0.115. The van der Waals surface area contributed by atoms with Crippen LogP contribution < -0.4 is 5.32 Å². The van der Waals surface area contributed by atoms with Crippen LogP contribution >= 0.6 is 15.9 Å². The lowest BCUT2D eigenvalue weighted by Gasteiger charge is -2.03. The largest absolute Gasteiger partial charge is 0.323 e. The van der Waals surface area contributed by atoms with Gasteiger partial charge < -0.3 is 5.32 Å². The first kappa shape index (κ1) is 15.5. The van der Waals surface area contributed by atoms with Gasteiger partial charge in [-0.2, -0.15) is 5.10 Å². The Hall–Kier alpha value is -2.40. The Kier molecular flexibility index (Phi) is 4.88. The lowest BCUT2D eigenvalue weighted by atomic mass is 10.1. The molecule has 0 spiro atoms. The van der Waals surface area contributed by atoms with Crippen LogP contribution in [0.2, 0.25) is 0 Å². The number of aromatic nitrogens is 2. The molecule has 0 atom stereocenters.